The molecule has 0 aliphatic rings. The lowest BCUT2D eigenvalue weighted by Crippen LogP contribution is -2.45. The number of benzene rings is 2. The Labute approximate surface area is 167 Å². The largest absolute Gasteiger partial charge is 0.324 e. The summed E-state index contributed by atoms with van der Waals surface area (Å²) in [6.45, 7) is 1.49. The van der Waals surface area contributed by atoms with Crippen molar-refractivity contribution >= 4 is 62.3 Å². The predicted octanol–water partition coefficient (Wildman–Crippen LogP) is 4.51. The van der Waals surface area contributed by atoms with E-state index in [0.29, 0.717) is 10.7 Å². The molecule has 2 rings (SSSR count). The summed E-state index contributed by atoms with van der Waals surface area (Å²) in [6, 6.07) is 10.7. The average molecular weight is 433 g/mol. The number of hydrogen-bond donors (Lipinski definition) is 1. The summed E-state index contributed by atoms with van der Waals surface area (Å²) in [6.07, 6.45) is 2.94. The van der Waals surface area contributed by atoms with Gasteiger partial charge in [0.2, 0.25) is 15.9 Å². The van der Waals surface area contributed by atoms with Crippen molar-refractivity contribution in [3.8, 4) is 0 Å². The maximum absolute atomic E-state index is 12.7. The van der Waals surface area contributed by atoms with Crippen LogP contribution in [0.3, 0.4) is 0 Å². The average Bonchev–Trinajstić information content (AvgIpc) is 2.57. The van der Waals surface area contributed by atoms with Gasteiger partial charge in [-0.05, 0) is 49.6 Å². The third-order valence-corrected chi connectivity index (χ3v) is 6.08. The van der Waals surface area contributed by atoms with Gasteiger partial charge < -0.3 is 5.32 Å². The molecule has 26 heavy (non-hydrogen) atoms. The number of halogens is 2. The molecule has 1 atom stereocenters. The van der Waals surface area contributed by atoms with Crippen LogP contribution in [0.1, 0.15) is 6.92 Å². The van der Waals surface area contributed by atoms with Gasteiger partial charge in [-0.15, -0.1) is 11.8 Å². The van der Waals surface area contributed by atoms with E-state index in [1.165, 1.54) is 30.8 Å². The molecule has 140 valence electrons. The van der Waals surface area contributed by atoms with E-state index in [4.69, 9.17) is 23.2 Å². The van der Waals surface area contributed by atoms with E-state index < -0.39 is 22.0 Å². The Morgan fingerprint density at radius 1 is 1.19 bits per heavy atom. The molecule has 0 bridgehead atoms. The number of anilines is 2. The summed E-state index contributed by atoms with van der Waals surface area (Å²) in [5.74, 6) is -0.482. The molecule has 0 aliphatic heterocycles. The number of sulfonamides is 1. The predicted molar refractivity (Wildman–Crippen MR) is 110 cm³/mol. The Bertz CT molecular complexity index is 920. The Kier molecular flexibility index (Phi) is 6.85. The Morgan fingerprint density at radius 2 is 1.88 bits per heavy atom. The van der Waals surface area contributed by atoms with Crippen molar-refractivity contribution in [2.24, 2.45) is 0 Å². The highest BCUT2D eigenvalue weighted by atomic mass is 35.5. The van der Waals surface area contributed by atoms with Gasteiger partial charge in [-0.1, -0.05) is 29.3 Å². The minimum Gasteiger partial charge on any atom is -0.324 e. The summed E-state index contributed by atoms with van der Waals surface area (Å²) in [5, 5.41) is 3.24. The van der Waals surface area contributed by atoms with Gasteiger partial charge in [0.25, 0.3) is 0 Å². The number of rotatable bonds is 6. The summed E-state index contributed by atoms with van der Waals surface area (Å²) >= 11 is 13.7. The van der Waals surface area contributed by atoms with E-state index in [2.05, 4.69) is 5.32 Å². The van der Waals surface area contributed by atoms with Crippen molar-refractivity contribution < 1.29 is 13.2 Å². The quantitative estimate of drug-likeness (QED) is 0.681. The van der Waals surface area contributed by atoms with Crippen LogP contribution in [-0.4, -0.2) is 32.9 Å². The topological polar surface area (TPSA) is 66.5 Å². The van der Waals surface area contributed by atoms with Crippen LogP contribution < -0.4 is 9.62 Å². The van der Waals surface area contributed by atoms with Crippen molar-refractivity contribution in [2.45, 2.75) is 17.9 Å². The van der Waals surface area contributed by atoms with Crippen LogP contribution in [0.2, 0.25) is 10.0 Å². The fourth-order valence-corrected chi connectivity index (χ4v) is 4.45. The Balaban J connectivity index is 2.36. The normalized spacial score (nSPS) is 12.5. The first kappa shape index (κ1) is 20.9. The molecular formula is C17H18Cl2N2O3S2. The van der Waals surface area contributed by atoms with Crippen molar-refractivity contribution in [3.05, 3.63) is 52.5 Å². The lowest BCUT2D eigenvalue weighted by atomic mass is 10.2. The number of nitrogens with zero attached hydrogens (tertiary/aromatic N) is 1. The first-order valence-electron chi connectivity index (χ1n) is 7.53. The number of carbonyl (C=O) groups is 1. The van der Waals surface area contributed by atoms with E-state index >= 15 is 0 Å². The summed E-state index contributed by atoms with van der Waals surface area (Å²) in [5.41, 5.74) is 0.738. The second kappa shape index (κ2) is 8.52. The zero-order valence-corrected chi connectivity index (χ0v) is 17.5. The molecule has 0 fully saturated rings. The molecule has 0 spiro atoms. The van der Waals surface area contributed by atoms with E-state index in [9.17, 15) is 13.2 Å². The maximum atomic E-state index is 12.7. The van der Waals surface area contributed by atoms with E-state index in [-0.39, 0.29) is 10.7 Å². The molecule has 0 radical (unpaired) electrons. The van der Waals surface area contributed by atoms with Crippen molar-refractivity contribution in [3.63, 3.8) is 0 Å². The van der Waals surface area contributed by atoms with Crippen LogP contribution in [0, 0.1) is 0 Å². The smallest absolute Gasteiger partial charge is 0.247 e. The van der Waals surface area contributed by atoms with Gasteiger partial charge in [-0.3, -0.25) is 9.10 Å². The van der Waals surface area contributed by atoms with Crippen molar-refractivity contribution in [1.29, 1.82) is 0 Å². The monoisotopic (exact) mass is 432 g/mol. The fraction of sp³-hybridized carbons (Fsp3) is 0.235. The molecule has 0 saturated heterocycles. The lowest BCUT2D eigenvalue weighted by Gasteiger charge is -2.29. The molecule has 2 aromatic carbocycles. The van der Waals surface area contributed by atoms with Crippen molar-refractivity contribution in [2.75, 3.05) is 22.1 Å². The number of carbonyl (C=O) groups excluding carboxylic acids is 1. The van der Waals surface area contributed by atoms with Crippen molar-refractivity contribution in [1.82, 2.24) is 0 Å². The van der Waals surface area contributed by atoms with E-state index in [0.717, 1.165) is 15.5 Å². The fourth-order valence-electron chi connectivity index (χ4n) is 2.38. The minimum absolute atomic E-state index is 0.155. The SMILES string of the molecule is CSc1cccc(NC(=O)[C@@H](C)N(c2cc(Cl)ccc2Cl)S(C)(=O)=O)c1. The number of nitrogens with one attached hydrogen (secondary N) is 1. The Morgan fingerprint density at radius 3 is 2.50 bits per heavy atom. The first-order chi connectivity index (χ1) is 12.1. The molecule has 0 aromatic heterocycles. The molecule has 5 nitrogen and oxygen atoms in total. The van der Waals surface area contributed by atoms with Gasteiger partial charge >= 0.3 is 0 Å². The van der Waals surface area contributed by atoms with E-state index in [1.54, 1.807) is 12.1 Å². The molecule has 1 N–H and O–H groups in total. The highest BCUT2D eigenvalue weighted by Crippen LogP contribution is 2.32. The van der Waals surface area contributed by atoms with Gasteiger partial charge in [-0.2, -0.15) is 0 Å². The van der Waals surface area contributed by atoms with Gasteiger partial charge in [-0.25, -0.2) is 8.42 Å². The standard InChI is InChI=1S/C17H18Cl2N2O3S2/c1-11(17(22)20-13-5-4-6-14(10-13)25-2)21(26(3,23)24)16-9-12(18)7-8-15(16)19/h4-11H,1-3H3,(H,20,22)/t11-/m1/s1. The highest BCUT2D eigenvalue weighted by molar-refractivity contribution is 7.98. The summed E-state index contributed by atoms with van der Waals surface area (Å²) in [4.78, 5) is 13.6. The van der Waals surface area contributed by atoms with Crippen LogP contribution in [0.25, 0.3) is 0 Å². The summed E-state index contributed by atoms with van der Waals surface area (Å²) < 4.78 is 25.6. The van der Waals surface area contributed by atoms with Gasteiger partial charge in [0.15, 0.2) is 0 Å². The molecule has 1 amide bonds. The molecule has 0 unspecified atom stereocenters. The third-order valence-electron chi connectivity index (χ3n) is 3.57. The molecule has 2 aromatic rings. The zero-order valence-electron chi connectivity index (χ0n) is 14.4. The summed E-state index contributed by atoms with van der Waals surface area (Å²) in [7, 11) is -3.78. The number of hydrogen-bond acceptors (Lipinski definition) is 4. The van der Waals surface area contributed by atoms with E-state index in [1.807, 2.05) is 24.5 Å². The van der Waals surface area contributed by atoms with Gasteiger partial charge in [0.1, 0.15) is 6.04 Å². The van der Waals surface area contributed by atoms with Crippen LogP contribution in [0.5, 0.6) is 0 Å². The molecule has 9 heteroatoms. The number of amides is 1. The van der Waals surface area contributed by atoms with Gasteiger partial charge in [0.05, 0.1) is 17.0 Å². The second-order valence-electron chi connectivity index (χ2n) is 5.55. The zero-order chi connectivity index (χ0) is 19.5. The third kappa shape index (κ3) is 5.07. The Hall–Kier alpha value is -1.41. The molecule has 0 saturated carbocycles. The minimum atomic E-state index is -3.78. The maximum Gasteiger partial charge on any atom is 0.247 e. The second-order valence-corrected chi connectivity index (χ2v) is 9.13. The van der Waals surface area contributed by atoms with Gasteiger partial charge in [0, 0.05) is 15.6 Å². The first-order valence-corrected chi connectivity index (χ1v) is 11.4. The molecular weight excluding hydrogens is 415 g/mol. The van der Waals surface area contributed by atoms with Crippen LogP contribution in [0.15, 0.2) is 47.4 Å². The van der Waals surface area contributed by atoms with Crippen LogP contribution in [-0.2, 0) is 14.8 Å². The highest BCUT2D eigenvalue weighted by Gasteiger charge is 2.30. The molecule has 0 aliphatic carbocycles. The molecule has 0 heterocycles. The van der Waals surface area contributed by atoms with Crippen LogP contribution in [0.4, 0.5) is 11.4 Å². The lowest BCUT2D eigenvalue weighted by molar-refractivity contribution is -0.116. The van der Waals surface area contributed by atoms with Crippen LogP contribution >= 0.6 is 35.0 Å². The number of thioether (sulfide) groups is 1.